The van der Waals surface area contributed by atoms with Crippen LogP contribution in [0.15, 0.2) is 12.4 Å². The third kappa shape index (κ3) is 6.80. The zero-order valence-electron chi connectivity index (χ0n) is 12.0. The van der Waals surface area contributed by atoms with Gasteiger partial charge in [0.2, 0.25) is 0 Å². The second kappa shape index (κ2) is 10.1. The average molecular weight is 251 g/mol. The first-order valence-corrected chi connectivity index (χ1v) is 7.57. The maximum atomic E-state index is 3.99. The lowest BCUT2D eigenvalue weighted by Gasteiger charge is -2.18. The number of unbranched alkanes of at least 4 members (excludes halogenated alkanes) is 4. The van der Waals surface area contributed by atoms with Crippen molar-refractivity contribution >= 4 is 0 Å². The molecule has 0 unspecified atom stereocenters. The molecule has 0 fully saturated rings. The van der Waals surface area contributed by atoms with Gasteiger partial charge in [-0.25, -0.2) is 0 Å². The van der Waals surface area contributed by atoms with Crippen molar-refractivity contribution in [2.24, 2.45) is 0 Å². The minimum absolute atomic E-state index is 0.679. The van der Waals surface area contributed by atoms with Crippen LogP contribution in [0.1, 0.15) is 70.8 Å². The molecular weight excluding hydrogens is 222 g/mol. The molecule has 1 rings (SSSR count). The second-order valence-electron chi connectivity index (χ2n) is 5.18. The summed E-state index contributed by atoms with van der Waals surface area (Å²) in [6.45, 7) is 5.48. The number of hydrogen-bond acceptors (Lipinski definition) is 2. The van der Waals surface area contributed by atoms with Gasteiger partial charge in [0.05, 0.1) is 6.20 Å². The van der Waals surface area contributed by atoms with Gasteiger partial charge in [0.15, 0.2) is 0 Å². The molecule has 0 aliphatic heterocycles. The van der Waals surface area contributed by atoms with Gasteiger partial charge in [0, 0.05) is 24.3 Å². The molecule has 3 heteroatoms. The molecule has 1 aromatic heterocycles. The smallest absolute Gasteiger partial charge is 0.0532 e. The van der Waals surface area contributed by atoms with Crippen LogP contribution >= 0.6 is 0 Å². The van der Waals surface area contributed by atoms with Crippen LogP contribution in [-0.4, -0.2) is 16.2 Å². The van der Waals surface area contributed by atoms with Gasteiger partial charge in [-0.2, -0.15) is 5.10 Å². The van der Waals surface area contributed by atoms with E-state index in [9.17, 15) is 0 Å². The molecule has 1 aromatic rings. The molecule has 0 saturated heterocycles. The Bertz CT molecular complexity index is 259. The SMILES string of the molecule is CCCCCC(CCCCC)NCc1cn[nH]c1. The van der Waals surface area contributed by atoms with Crippen molar-refractivity contribution in [2.45, 2.75) is 77.8 Å². The van der Waals surface area contributed by atoms with Crippen LogP contribution in [0.4, 0.5) is 0 Å². The van der Waals surface area contributed by atoms with Gasteiger partial charge in [-0.3, -0.25) is 5.10 Å². The van der Waals surface area contributed by atoms with Crippen LogP contribution in [0.25, 0.3) is 0 Å². The maximum Gasteiger partial charge on any atom is 0.0532 e. The van der Waals surface area contributed by atoms with E-state index in [4.69, 9.17) is 0 Å². The summed E-state index contributed by atoms with van der Waals surface area (Å²) in [5.41, 5.74) is 1.26. The lowest BCUT2D eigenvalue weighted by atomic mass is 10.0. The van der Waals surface area contributed by atoms with Crippen LogP contribution in [0.5, 0.6) is 0 Å². The van der Waals surface area contributed by atoms with Crippen LogP contribution < -0.4 is 5.32 Å². The molecule has 2 N–H and O–H groups in total. The average Bonchev–Trinajstić information content (AvgIpc) is 2.89. The Labute approximate surface area is 112 Å². The first kappa shape index (κ1) is 15.2. The van der Waals surface area contributed by atoms with Gasteiger partial charge in [0.1, 0.15) is 0 Å². The van der Waals surface area contributed by atoms with Crippen molar-refractivity contribution in [1.82, 2.24) is 15.5 Å². The number of H-pyrrole nitrogens is 1. The number of hydrogen-bond donors (Lipinski definition) is 2. The zero-order valence-corrected chi connectivity index (χ0v) is 12.0. The molecule has 3 nitrogen and oxygen atoms in total. The molecule has 0 saturated carbocycles. The summed E-state index contributed by atoms with van der Waals surface area (Å²) >= 11 is 0. The van der Waals surface area contributed by atoms with Crippen molar-refractivity contribution < 1.29 is 0 Å². The van der Waals surface area contributed by atoms with E-state index in [0.29, 0.717) is 6.04 Å². The molecular formula is C15H29N3. The molecule has 0 aromatic carbocycles. The minimum Gasteiger partial charge on any atom is -0.310 e. The maximum absolute atomic E-state index is 3.99. The van der Waals surface area contributed by atoms with Crippen molar-refractivity contribution in [1.29, 1.82) is 0 Å². The fraction of sp³-hybridized carbons (Fsp3) is 0.800. The van der Waals surface area contributed by atoms with Crippen molar-refractivity contribution in [2.75, 3.05) is 0 Å². The highest BCUT2D eigenvalue weighted by molar-refractivity contribution is 5.01. The topological polar surface area (TPSA) is 40.7 Å². The third-order valence-corrected chi connectivity index (χ3v) is 3.46. The van der Waals surface area contributed by atoms with Crippen LogP contribution in [0.2, 0.25) is 0 Å². The lowest BCUT2D eigenvalue weighted by Crippen LogP contribution is -2.28. The Morgan fingerprint density at radius 2 is 1.78 bits per heavy atom. The first-order valence-electron chi connectivity index (χ1n) is 7.57. The summed E-state index contributed by atoms with van der Waals surface area (Å²) in [5, 5.41) is 10.5. The van der Waals surface area contributed by atoms with E-state index in [1.165, 1.54) is 56.9 Å². The third-order valence-electron chi connectivity index (χ3n) is 3.46. The Morgan fingerprint density at radius 1 is 1.11 bits per heavy atom. The van der Waals surface area contributed by atoms with E-state index in [2.05, 4.69) is 29.4 Å². The Morgan fingerprint density at radius 3 is 2.28 bits per heavy atom. The van der Waals surface area contributed by atoms with E-state index in [1.54, 1.807) is 0 Å². The van der Waals surface area contributed by atoms with E-state index >= 15 is 0 Å². The standard InChI is InChI=1S/C15H29N3/c1-3-5-7-9-15(10-8-6-4-2)16-11-14-12-17-18-13-14/h12-13,15-16H,3-11H2,1-2H3,(H,17,18). The summed E-state index contributed by atoms with van der Waals surface area (Å²) < 4.78 is 0. The predicted molar refractivity (Wildman–Crippen MR) is 77.5 cm³/mol. The first-order chi connectivity index (χ1) is 8.86. The highest BCUT2D eigenvalue weighted by atomic mass is 15.1. The summed E-state index contributed by atoms with van der Waals surface area (Å²) in [5.74, 6) is 0. The van der Waals surface area contributed by atoms with Gasteiger partial charge in [-0.1, -0.05) is 52.4 Å². The van der Waals surface area contributed by atoms with Gasteiger partial charge < -0.3 is 5.32 Å². The molecule has 0 bridgehead atoms. The van der Waals surface area contributed by atoms with E-state index in [-0.39, 0.29) is 0 Å². The Balaban J connectivity index is 2.23. The van der Waals surface area contributed by atoms with E-state index < -0.39 is 0 Å². The fourth-order valence-corrected chi connectivity index (χ4v) is 2.27. The summed E-state index contributed by atoms with van der Waals surface area (Å²) in [6, 6.07) is 0.679. The minimum atomic E-state index is 0.679. The largest absolute Gasteiger partial charge is 0.310 e. The van der Waals surface area contributed by atoms with Crippen LogP contribution in [-0.2, 0) is 6.54 Å². The molecule has 1 heterocycles. The van der Waals surface area contributed by atoms with Crippen molar-refractivity contribution in [3.8, 4) is 0 Å². The van der Waals surface area contributed by atoms with Gasteiger partial charge >= 0.3 is 0 Å². The van der Waals surface area contributed by atoms with Crippen molar-refractivity contribution in [3.05, 3.63) is 18.0 Å². The highest BCUT2D eigenvalue weighted by Crippen LogP contribution is 2.11. The number of nitrogens with zero attached hydrogens (tertiary/aromatic N) is 1. The summed E-state index contributed by atoms with van der Waals surface area (Å²) in [7, 11) is 0. The number of rotatable bonds is 11. The Hall–Kier alpha value is -0.830. The summed E-state index contributed by atoms with van der Waals surface area (Å²) in [6.07, 6.45) is 14.6. The van der Waals surface area contributed by atoms with E-state index in [1.807, 2.05) is 12.4 Å². The molecule has 0 aliphatic carbocycles. The molecule has 0 atom stereocenters. The second-order valence-corrected chi connectivity index (χ2v) is 5.18. The summed E-state index contributed by atoms with van der Waals surface area (Å²) in [4.78, 5) is 0. The molecule has 104 valence electrons. The number of aromatic nitrogens is 2. The van der Waals surface area contributed by atoms with Crippen LogP contribution in [0, 0.1) is 0 Å². The zero-order chi connectivity index (χ0) is 13.1. The molecule has 0 amide bonds. The van der Waals surface area contributed by atoms with Gasteiger partial charge in [-0.05, 0) is 12.8 Å². The normalized spacial score (nSPS) is 11.3. The lowest BCUT2D eigenvalue weighted by molar-refractivity contribution is 0.417. The monoisotopic (exact) mass is 251 g/mol. The molecule has 0 spiro atoms. The van der Waals surface area contributed by atoms with Crippen LogP contribution in [0.3, 0.4) is 0 Å². The highest BCUT2D eigenvalue weighted by Gasteiger charge is 2.07. The van der Waals surface area contributed by atoms with Gasteiger partial charge in [-0.15, -0.1) is 0 Å². The molecule has 0 aliphatic rings. The number of nitrogens with one attached hydrogen (secondary N) is 2. The number of aromatic amines is 1. The fourth-order valence-electron chi connectivity index (χ4n) is 2.27. The predicted octanol–water partition coefficient (Wildman–Crippen LogP) is 4.03. The van der Waals surface area contributed by atoms with Gasteiger partial charge in [0.25, 0.3) is 0 Å². The van der Waals surface area contributed by atoms with Crippen molar-refractivity contribution in [3.63, 3.8) is 0 Å². The van der Waals surface area contributed by atoms with E-state index in [0.717, 1.165) is 6.54 Å². The molecule has 18 heavy (non-hydrogen) atoms. The quantitative estimate of drug-likeness (QED) is 0.583. The molecule has 0 radical (unpaired) electrons. The Kier molecular flexibility index (Phi) is 8.57.